The summed E-state index contributed by atoms with van der Waals surface area (Å²) in [4.78, 5) is 30.8. The molecule has 1 saturated heterocycles. The second-order valence-electron chi connectivity index (χ2n) is 6.27. The largest absolute Gasteiger partial charge is 0.497 e. The van der Waals surface area contributed by atoms with Gasteiger partial charge in [-0.05, 0) is 38.0 Å². The lowest BCUT2D eigenvalue weighted by molar-refractivity contribution is -0.129. The second kappa shape index (κ2) is 7.51. The first kappa shape index (κ1) is 17.2. The Morgan fingerprint density at radius 2 is 2.00 bits per heavy atom. The number of rotatable bonds is 5. The van der Waals surface area contributed by atoms with Crippen LogP contribution in [0.25, 0.3) is 10.9 Å². The SMILES string of the molecule is COc1ccc2cc(C(=O)NCCC(=O)N3CCCC3)c(C)nc2c1. The summed E-state index contributed by atoms with van der Waals surface area (Å²) >= 11 is 0. The second-order valence-corrected chi connectivity index (χ2v) is 6.27. The molecule has 1 aromatic carbocycles. The normalized spacial score (nSPS) is 13.9. The van der Waals surface area contributed by atoms with Crippen LogP contribution in [0, 0.1) is 6.92 Å². The Bertz CT molecular complexity index is 798. The molecular formula is C19H23N3O3. The molecular weight excluding hydrogens is 318 g/mol. The minimum atomic E-state index is -0.197. The Hall–Kier alpha value is -2.63. The van der Waals surface area contributed by atoms with Crippen molar-refractivity contribution in [3.8, 4) is 5.75 Å². The number of methoxy groups -OCH3 is 1. The van der Waals surface area contributed by atoms with Crippen molar-refractivity contribution in [2.24, 2.45) is 0 Å². The molecule has 25 heavy (non-hydrogen) atoms. The van der Waals surface area contributed by atoms with E-state index in [9.17, 15) is 9.59 Å². The maximum absolute atomic E-state index is 12.4. The summed E-state index contributed by atoms with van der Waals surface area (Å²) in [5.74, 6) is 0.646. The molecule has 0 spiro atoms. The van der Waals surface area contributed by atoms with E-state index in [-0.39, 0.29) is 11.8 Å². The summed E-state index contributed by atoms with van der Waals surface area (Å²) in [6, 6.07) is 7.40. The van der Waals surface area contributed by atoms with Crippen LogP contribution in [0.4, 0.5) is 0 Å². The van der Waals surface area contributed by atoms with Crippen molar-refractivity contribution >= 4 is 22.7 Å². The van der Waals surface area contributed by atoms with E-state index >= 15 is 0 Å². The summed E-state index contributed by atoms with van der Waals surface area (Å²) in [5.41, 5.74) is 1.98. The van der Waals surface area contributed by atoms with Gasteiger partial charge in [-0.2, -0.15) is 0 Å². The number of aryl methyl sites for hydroxylation is 1. The van der Waals surface area contributed by atoms with Crippen LogP contribution in [0.5, 0.6) is 5.75 Å². The lowest BCUT2D eigenvalue weighted by Crippen LogP contribution is -2.33. The molecule has 0 radical (unpaired) electrons. The van der Waals surface area contributed by atoms with Crippen LogP contribution >= 0.6 is 0 Å². The van der Waals surface area contributed by atoms with Crippen LogP contribution in [-0.2, 0) is 4.79 Å². The average Bonchev–Trinajstić information content (AvgIpc) is 3.15. The van der Waals surface area contributed by atoms with Gasteiger partial charge in [0.05, 0.1) is 23.9 Å². The number of likely N-dealkylation sites (tertiary alicyclic amines) is 1. The number of benzene rings is 1. The van der Waals surface area contributed by atoms with Crippen LogP contribution in [-0.4, -0.2) is 48.4 Å². The number of ether oxygens (including phenoxy) is 1. The minimum absolute atomic E-state index is 0.109. The Kier molecular flexibility index (Phi) is 5.16. The van der Waals surface area contributed by atoms with E-state index in [1.165, 1.54) is 0 Å². The van der Waals surface area contributed by atoms with Crippen molar-refractivity contribution in [3.05, 3.63) is 35.5 Å². The number of nitrogens with one attached hydrogen (secondary N) is 1. The highest BCUT2D eigenvalue weighted by Gasteiger charge is 2.18. The van der Waals surface area contributed by atoms with Gasteiger partial charge < -0.3 is 15.0 Å². The van der Waals surface area contributed by atoms with Crippen LogP contribution in [0.15, 0.2) is 24.3 Å². The molecule has 6 nitrogen and oxygen atoms in total. The van der Waals surface area contributed by atoms with Crippen molar-refractivity contribution in [1.29, 1.82) is 0 Å². The maximum Gasteiger partial charge on any atom is 0.253 e. The van der Waals surface area contributed by atoms with Crippen molar-refractivity contribution in [1.82, 2.24) is 15.2 Å². The molecule has 2 aromatic rings. The zero-order valence-electron chi connectivity index (χ0n) is 14.7. The van der Waals surface area contributed by atoms with Crippen molar-refractivity contribution < 1.29 is 14.3 Å². The van der Waals surface area contributed by atoms with Crippen LogP contribution < -0.4 is 10.1 Å². The molecule has 2 amide bonds. The quantitative estimate of drug-likeness (QED) is 0.906. The Labute approximate surface area is 147 Å². The van der Waals surface area contributed by atoms with Crippen LogP contribution in [0.2, 0.25) is 0 Å². The molecule has 2 heterocycles. The lowest BCUT2D eigenvalue weighted by Gasteiger charge is -2.15. The zero-order chi connectivity index (χ0) is 17.8. The minimum Gasteiger partial charge on any atom is -0.497 e. The molecule has 3 rings (SSSR count). The van der Waals surface area contributed by atoms with Gasteiger partial charge in [0.2, 0.25) is 5.91 Å². The molecule has 0 saturated carbocycles. The maximum atomic E-state index is 12.4. The van der Waals surface area contributed by atoms with Gasteiger partial charge in [0.25, 0.3) is 5.91 Å². The van der Waals surface area contributed by atoms with E-state index in [2.05, 4.69) is 10.3 Å². The number of nitrogens with zero attached hydrogens (tertiary/aromatic N) is 2. The highest BCUT2D eigenvalue weighted by atomic mass is 16.5. The third-order valence-electron chi connectivity index (χ3n) is 4.54. The fourth-order valence-corrected chi connectivity index (χ4v) is 3.10. The highest BCUT2D eigenvalue weighted by Crippen LogP contribution is 2.21. The summed E-state index contributed by atoms with van der Waals surface area (Å²) in [7, 11) is 1.61. The molecule has 1 N–H and O–H groups in total. The van der Waals surface area contributed by atoms with Gasteiger partial charge in [-0.3, -0.25) is 14.6 Å². The first-order valence-corrected chi connectivity index (χ1v) is 8.60. The molecule has 132 valence electrons. The van der Waals surface area contributed by atoms with Gasteiger partial charge in [0.15, 0.2) is 0 Å². The van der Waals surface area contributed by atoms with Gasteiger partial charge in [-0.1, -0.05) is 0 Å². The number of carbonyl (C=O) groups is 2. The molecule has 1 fully saturated rings. The number of aromatic nitrogens is 1. The zero-order valence-corrected chi connectivity index (χ0v) is 14.7. The molecule has 0 atom stereocenters. The van der Waals surface area contributed by atoms with Crippen LogP contribution in [0.1, 0.15) is 35.3 Å². The number of carbonyl (C=O) groups excluding carboxylic acids is 2. The Balaban J connectivity index is 1.65. The molecule has 0 unspecified atom stereocenters. The van der Waals surface area contributed by atoms with Gasteiger partial charge >= 0.3 is 0 Å². The fourth-order valence-electron chi connectivity index (χ4n) is 3.10. The van der Waals surface area contributed by atoms with Gasteiger partial charge in [-0.25, -0.2) is 0 Å². The summed E-state index contributed by atoms with van der Waals surface area (Å²) in [5, 5.41) is 3.71. The van der Waals surface area contributed by atoms with E-state index in [0.717, 1.165) is 42.6 Å². The van der Waals surface area contributed by atoms with Crippen molar-refractivity contribution in [3.63, 3.8) is 0 Å². The number of hydrogen-bond acceptors (Lipinski definition) is 4. The average molecular weight is 341 g/mol. The van der Waals surface area contributed by atoms with Gasteiger partial charge in [0, 0.05) is 37.5 Å². The smallest absolute Gasteiger partial charge is 0.253 e. The summed E-state index contributed by atoms with van der Waals surface area (Å²) in [6.45, 7) is 3.82. The third kappa shape index (κ3) is 3.90. The standard InChI is InChI=1S/C19H23N3O3/c1-13-16(11-14-5-6-15(25-2)12-17(14)21-13)19(24)20-8-7-18(23)22-9-3-4-10-22/h5-6,11-12H,3-4,7-10H2,1-2H3,(H,20,24). The molecule has 1 aliphatic rings. The van der Waals surface area contributed by atoms with Crippen molar-refractivity contribution in [2.75, 3.05) is 26.7 Å². The monoisotopic (exact) mass is 341 g/mol. The Morgan fingerprint density at radius 1 is 1.24 bits per heavy atom. The number of amides is 2. The molecule has 0 bridgehead atoms. The molecule has 1 aliphatic heterocycles. The fraction of sp³-hybridized carbons (Fsp3) is 0.421. The topological polar surface area (TPSA) is 71.5 Å². The number of hydrogen-bond donors (Lipinski definition) is 1. The van der Waals surface area contributed by atoms with Crippen molar-refractivity contribution in [2.45, 2.75) is 26.2 Å². The van der Waals surface area contributed by atoms with Gasteiger partial charge in [0.1, 0.15) is 5.75 Å². The molecule has 1 aromatic heterocycles. The van der Waals surface area contributed by atoms with E-state index in [1.54, 1.807) is 7.11 Å². The Morgan fingerprint density at radius 3 is 2.72 bits per heavy atom. The van der Waals surface area contributed by atoms with Crippen LogP contribution in [0.3, 0.4) is 0 Å². The molecule has 6 heteroatoms. The lowest BCUT2D eigenvalue weighted by atomic mass is 10.1. The van der Waals surface area contributed by atoms with E-state index < -0.39 is 0 Å². The van der Waals surface area contributed by atoms with E-state index in [1.807, 2.05) is 36.1 Å². The summed E-state index contributed by atoms with van der Waals surface area (Å²) in [6.07, 6.45) is 2.48. The van der Waals surface area contributed by atoms with E-state index in [4.69, 9.17) is 4.74 Å². The van der Waals surface area contributed by atoms with E-state index in [0.29, 0.717) is 24.2 Å². The first-order chi connectivity index (χ1) is 12.1. The summed E-state index contributed by atoms with van der Waals surface area (Å²) < 4.78 is 5.20. The predicted octanol–water partition coefficient (Wildman–Crippen LogP) is 2.29. The third-order valence-corrected chi connectivity index (χ3v) is 4.54. The first-order valence-electron chi connectivity index (χ1n) is 8.60. The molecule has 0 aliphatic carbocycles. The predicted molar refractivity (Wildman–Crippen MR) is 95.8 cm³/mol. The number of fused-ring (bicyclic) bond motifs is 1. The highest BCUT2D eigenvalue weighted by molar-refractivity contribution is 5.99. The van der Waals surface area contributed by atoms with Gasteiger partial charge in [-0.15, -0.1) is 0 Å². The number of pyridine rings is 1.